The second kappa shape index (κ2) is 12.2. The minimum atomic E-state index is -0.626. The molecule has 0 aliphatic heterocycles. The molecule has 0 saturated heterocycles. The first-order chi connectivity index (χ1) is 17.1. The third kappa shape index (κ3) is 6.98. The molecule has 4 rings (SSSR count). The Labute approximate surface area is 207 Å². The first-order valence-corrected chi connectivity index (χ1v) is 12.0. The highest BCUT2D eigenvalue weighted by Crippen LogP contribution is 2.42. The first-order valence-electron chi connectivity index (χ1n) is 12.0. The molecule has 0 aliphatic rings. The van der Waals surface area contributed by atoms with E-state index in [1.165, 1.54) is 0 Å². The summed E-state index contributed by atoms with van der Waals surface area (Å²) in [6.45, 7) is 5.56. The molecule has 0 spiro atoms. The molecule has 0 amide bonds. The SMILES string of the molecule is CC(C)NCC(O)COc1cc(OCc2ccccc2)c(OCc2ccccc2)c2ccccc12. The number of hydrogen-bond acceptors (Lipinski definition) is 5. The Morgan fingerprint density at radius 2 is 1.26 bits per heavy atom. The van der Waals surface area contributed by atoms with Crippen molar-refractivity contribution in [2.24, 2.45) is 0 Å². The van der Waals surface area contributed by atoms with E-state index < -0.39 is 6.10 Å². The van der Waals surface area contributed by atoms with Gasteiger partial charge in [-0.05, 0) is 11.1 Å². The number of benzene rings is 4. The number of aliphatic hydroxyl groups excluding tert-OH is 1. The molecular formula is C30H33NO4. The lowest BCUT2D eigenvalue weighted by molar-refractivity contribution is 0.105. The first kappa shape index (κ1) is 24.6. The fraction of sp³-hybridized carbons (Fsp3) is 0.267. The summed E-state index contributed by atoms with van der Waals surface area (Å²) in [4.78, 5) is 0. The van der Waals surface area contributed by atoms with Gasteiger partial charge in [0.25, 0.3) is 0 Å². The van der Waals surface area contributed by atoms with Gasteiger partial charge in [-0.2, -0.15) is 0 Å². The molecule has 4 aromatic rings. The van der Waals surface area contributed by atoms with Gasteiger partial charge in [-0.15, -0.1) is 0 Å². The smallest absolute Gasteiger partial charge is 0.169 e. The molecule has 0 aliphatic carbocycles. The van der Waals surface area contributed by atoms with Crippen LogP contribution in [0, 0.1) is 0 Å². The van der Waals surface area contributed by atoms with Gasteiger partial charge in [0.15, 0.2) is 11.5 Å². The number of fused-ring (bicyclic) bond motifs is 1. The molecule has 35 heavy (non-hydrogen) atoms. The normalized spacial score (nSPS) is 12.0. The predicted octanol–water partition coefficient (Wildman–Crippen LogP) is 5.74. The van der Waals surface area contributed by atoms with Gasteiger partial charge in [0.2, 0.25) is 0 Å². The van der Waals surface area contributed by atoms with Crippen molar-refractivity contribution >= 4 is 10.8 Å². The van der Waals surface area contributed by atoms with E-state index in [-0.39, 0.29) is 6.61 Å². The molecule has 1 unspecified atom stereocenters. The van der Waals surface area contributed by atoms with Crippen LogP contribution in [0.5, 0.6) is 17.2 Å². The number of nitrogens with one attached hydrogen (secondary N) is 1. The molecule has 0 aromatic heterocycles. The Morgan fingerprint density at radius 3 is 1.89 bits per heavy atom. The van der Waals surface area contributed by atoms with Crippen molar-refractivity contribution in [3.8, 4) is 17.2 Å². The van der Waals surface area contributed by atoms with Crippen molar-refractivity contribution in [3.05, 3.63) is 102 Å². The van der Waals surface area contributed by atoms with Gasteiger partial charge in [-0.1, -0.05) is 98.8 Å². The van der Waals surface area contributed by atoms with E-state index in [2.05, 4.69) is 5.32 Å². The minimum Gasteiger partial charge on any atom is -0.490 e. The second-order valence-corrected chi connectivity index (χ2v) is 8.82. The summed E-state index contributed by atoms with van der Waals surface area (Å²) >= 11 is 0. The van der Waals surface area contributed by atoms with Crippen LogP contribution in [0.3, 0.4) is 0 Å². The molecule has 5 nitrogen and oxygen atoms in total. The van der Waals surface area contributed by atoms with Crippen LogP contribution in [0.25, 0.3) is 10.8 Å². The number of rotatable bonds is 12. The van der Waals surface area contributed by atoms with Crippen molar-refractivity contribution in [2.45, 2.75) is 39.2 Å². The minimum absolute atomic E-state index is 0.173. The van der Waals surface area contributed by atoms with Crippen LogP contribution >= 0.6 is 0 Å². The molecule has 182 valence electrons. The van der Waals surface area contributed by atoms with Gasteiger partial charge in [-0.3, -0.25) is 0 Å². The Bertz CT molecular complexity index is 1200. The molecule has 0 saturated carbocycles. The van der Waals surface area contributed by atoms with Crippen molar-refractivity contribution in [2.75, 3.05) is 13.2 Å². The van der Waals surface area contributed by atoms with E-state index in [0.717, 1.165) is 21.9 Å². The fourth-order valence-corrected chi connectivity index (χ4v) is 3.75. The Hall–Kier alpha value is -3.54. The quantitative estimate of drug-likeness (QED) is 0.276. The van der Waals surface area contributed by atoms with Crippen LogP contribution in [0.1, 0.15) is 25.0 Å². The summed E-state index contributed by atoms with van der Waals surface area (Å²) in [7, 11) is 0. The highest BCUT2D eigenvalue weighted by atomic mass is 16.5. The largest absolute Gasteiger partial charge is 0.490 e. The van der Waals surface area contributed by atoms with Crippen molar-refractivity contribution in [1.82, 2.24) is 5.32 Å². The van der Waals surface area contributed by atoms with E-state index in [9.17, 15) is 5.11 Å². The fourth-order valence-electron chi connectivity index (χ4n) is 3.75. The van der Waals surface area contributed by atoms with Gasteiger partial charge in [0.05, 0.1) is 0 Å². The maximum absolute atomic E-state index is 10.4. The monoisotopic (exact) mass is 471 g/mol. The molecular weight excluding hydrogens is 438 g/mol. The average Bonchev–Trinajstić information content (AvgIpc) is 2.89. The Morgan fingerprint density at radius 1 is 0.686 bits per heavy atom. The van der Waals surface area contributed by atoms with Crippen molar-refractivity contribution in [1.29, 1.82) is 0 Å². The lowest BCUT2D eigenvalue weighted by atomic mass is 10.1. The van der Waals surface area contributed by atoms with Crippen LogP contribution in [0.4, 0.5) is 0 Å². The van der Waals surface area contributed by atoms with Gasteiger partial charge >= 0.3 is 0 Å². The van der Waals surface area contributed by atoms with Crippen LogP contribution < -0.4 is 19.5 Å². The third-order valence-electron chi connectivity index (χ3n) is 5.58. The lowest BCUT2D eigenvalue weighted by Crippen LogP contribution is -2.35. The topological polar surface area (TPSA) is 60.0 Å². The Kier molecular flexibility index (Phi) is 8.60. The maximum atomic E-state index is 10.4. The molecule has 1 atom stereocenters. The van der Waals surface area contributed by atoms with E-state index in [1.807, 2.05) is 105 Å². The lowest BCUT2D eigenvalue weighted by Gasteiger charge is -2.20. The Balaban J connectivity index is 1.63. The molecule has 2 N–H and O–H groups in total. The number of aliphatic hydroxyl groups is 1. The van der Waals surface area contributed by atoms with Gasteiger partial charge < -0.3 is 24.6 Å². The zero-order valence-corrected chi connectivity index (χ0v) is 20.3. The molecule has 0 heterocycles. The number of ether oxygens (including phenoxy) is 3. The molecule has 0 bridgehead atoms. The second-order valence-electron chi connectivity index (χ2n) is 8.82. The van der Waals surface area contributed by atoms with Crippen LogP contribution in [0.2, 0.25) is 0 Å². The van der Waals surface area contributed by atoms with Crippen LogP contribution in [0.15, 0.2) is 91.0 Å². The van der Waals surface area contributed by atoms with E-state index in [1.54, 1.807) is 0 Å². The zero-order chi connectivity index (χ0) is 24.5. The third-order valence-corrected chi connectivity index (χ3v) is 5.58. The van der Waals surface area contributed by atoms with Gasteiger partial charge in [0, 0.05) is 29.4 Å². The highest BCUT2D eigenvalue weighted by molar-refractivity contribution is 5.95. The summed E-state index contributed by atoms with van der Waals surface area (Å²) in [6, 6.07) is 30.2. The summed E-state index contributed by atoms with van der Waals surface area (Å²) in [5.74, 6) is 1.93. The van der Waals surface area contributed by atoms with Gasteiger partial charge in [0.1, 0.15) is 31.7 Å². The van der Waals surface area contributed by atoms with Crippen molar-refractivity contribution in [3.63, 3.8) is 0 Å². The van der Waals surface area contributed by atoms with Crippen LogP contribution in [-0.4, -0.2) is 30.4 Å². The average molecular weight is 472 g/mol. The summed E-state index contributed by atoms with van der Waals surface area (Å²) in [5, 5.41) is 15.4. The highest BCUT2D eigenvalue weighted by Gasteiger charge is 2.17. The predicted molar refractivity (Wildman–Crippen MR) is 140 cm³/mol. The van der Waals surface area contributed by atoms with Crippen molar-refractivity contribution < 1.29 is 19.3 Å². The standard InChI is InChI=1S/C30H33NO4/c1-22(2)31-18-25(32)21-34-28-17-29(33-19-23-11-5-3-6-12-23)30(27-16-10-9-15-26(27)28)35-20-24-13-7-4-8-14-24/h3-17,22,25,31-32H,18-21H2,1-2H3. The van der Waals surface area contributed by atoms with Crippen LogP contribution in [-0.2, 0) is 13.2 Å². The summed E-state index contributed by atoms with van der Waals surface area (Å²) in [6.07, 6.45) is -0.626. The van der Waals surface area contributed by atoms with E-state index >= 15 is 0 Å². The summed E-state index contributed by atoms with van der Waals surface area (Å²) in [5.41, 5.74) is 2.14. The summed E-state index contributed by atoms with van der Waals surface area (Å²) < 4.78 is 18.7. The van der Waals surface area contributed by atoms with Gasteiger partial charge in [-0.25, -0.2) is 0 Å². The van der Waals surface area contributed by atoms with E-state index in [0.29, 0.717) is 43.0 Å². The molecule has 0 radical (unpaired) electrons. The molecule has 0 fully saturated rings. The molecule has 4 aromatic carbocycles. The van der Waals surface area contributed by atoms with E-state index in [4.69, 9.17) is 14.2 Å². The zero-order valence-electron chi connectivity index (χ0n) is 20.3. The number of hydrogen-bond donors (Lipinski definition) is 2. The molecule has 5 heteroatoms. The maximum Gasteiger partial charge on any atom is 0.169 e.